The number of hydrogen-bond donors (Lipinski definition) is 0. The highest BCUT2D eigenvalue weighted by molar-refractivity contribution is 6.36. The predicted octanol–water partition coefficient (Wildman–Crippen LogP) is 5.83. The quantitative estimate of drug-likeness (QED) is 0.247. The lowest BCUT2D eigenvalue weighted by Crippen LogP contribution is -2.55. The SMILES string of the molecule is C=CC(=O)N1CCN(c2nc(OC[C@@H]3CCCN3C)nc3cc(-c4cccc5cccc(Cl)c45)c(F)cc23)C[C@@H]1CC#N. The number of amides is 1. The number of likely N-dealkylation sites (N-methyl/N-ethyl adjacent to an activating group) is 1. The van der Waals surface area contributed by atoms with Crippen molar-refractivity contribution in [2.24, 2.45) is 0 Å². The Morgan fingerprint density at radius 1 is 1.16 bits per heavy atom. The molecule has 1 aromatic heterocycles. The first-order valence-corrected chi connectivity index (χ1v) is 14.8. The molecule has 4 aromatic rings. The van der Waals surface area contributed by atoms with E-state index in [1.54, 1.807) is 17.0 Å². The smallest absolute Gasteiger partial charge is 0.319 e. The molecule has 0 aliphatic carbocycles. The van der Waals surface area contributed by atoms with Crippen LogP contribution in [0, 0.1) is 17.1 Å². The first-order chi connectivity index (χ1) is 20.9. The molecular formula is C33H32ClFN6O2. The number of aromatic nitrogens is 2. The molecule has 10 heteroatoms. The van der Waals surface area contributed by atoms with Crippen molar-refractivity contribution >= 4 is 45.0 Å². The van der Waals surface area contributed by atoms with Gasteiger partial charge in [-0.1, -0.05) is 48.5 Å². The largest absolute Gasteiger partial charge is 0.462 e. The minimum absolute atomic E-state index is 0.150. The third-order valence-corrected chi connectivity index (χ3v) is 8.85. The first-order valence-electron chi connectivity index (χ1n) is 14.4. The lowest BCUT2D eigenvalue weighted by atomic mass is 9.96. The Labute approximate surface area is 254 Å². The Hall–Kier alpha value is -4.26. The molecule has 0 N–H and O–H groups in total. The molecule has 43 heavy (non-hydrogen) atoms. The van der Waals surface area contributed by atoms with Gasteiger partial charge in [-0.25, -0.2) is 4.39 Å². The average Bonchev–Trinajstić information content (AvgIpc) is 3.43. The fraction of sp³-hybridized carbons (Fsp3) is 0.333. The summed E-state index contributed by atoms with van der Waals surface area (Å²) in [5.74, 6) is -0.142. The summed E-state index contributed by atoms with van der Waals surface area (Å²) < 4.78 is 22.2. The van der Waals surface area contributed by atoms with Crippen molar-refractivity contribution in [1.82, 2.24) is 19.8 Å². The van der Waals surface area contributed by atoms with Gasteiger partial charge >= 0.3 is 6.01 Å². The van der Waals surface area contributed by atoms with E-state index in [0.29, 0.717) is 59.1 Å². The van der Waals surface area contributed by atoms with Crippen LogP contribution in [0.25, 0.3) is 32.8 Å². The van der Waals surface area contributed by atoms with Crippen LogP contribution in [0.4, 0.5) is 10.2 Å². The van der Waals surface area contributed by atoms with Crippen LogP contribution in [0.5, 0.6) is 6.01 Å². The molecule has 2 saturated heterocycles. The van der Waals surface area contributed by atoms with Gasteiger partial charge in [0.15, 0.2) is 0 Å². The molecule has 3 aromatic carbocycles. The van der Waals surface area contributed by atoms with Gasteiger partial charge in [0.2, 0.25) is 5.91 Å². The Kier molecular flexibility index (Phi) is 8.15. The summed E-state index contributed by atoms with van der Waals surface area (Å²) in [6, 6.07) is 16.8. The minimum atomic E-state index is -0.430. The molecule has 3 heterocycles. The summed E-state index contributed by atoms with van der Waals surface area (Å²) in [7, 11) is 2.08. The van der Waals surface area contributed by atoms with Gasteiger partial charge in [0, 0.05) is 47.0 Å². The van der Waals surface area contributed by atoms with Crippen LogP contribution in [-0.4, -0.2) is 77.6 Å². The third kappa shape index (κ3) is 5.61. The Morgan fingerprint density at radius 2 is 1.98 bits per heavy atom. The predicted molar refractivity (Wildman–Crippen MR) is 167 cm³/mol. The van der Waals surface area contributed by atoms with Crippen LogP contribution >= 0.6 is 11.6 Å². The van der Waals surface area contributed by atoms with E-state index in [9.17, 15) is 10.1 Å². The van der Waals surface area contributed by atoms with Gasteiger partial charge in [0.05, 0.1) is 24.0 Å². The number of hydrogen-bond acceptors (Lipinski definition) is 7. The van der Waals surface area contributed by atoms with E-state index in [-0.39, 0.29) is 30.4 Å². The molecule has 1 amide bonds. The van der Waals surface area contributed by atoms with E-state index in [4.69, 9.17) is 26.3 Å². The van der Waals surface area contributed by atoms with Gasteiger partial charge in [-0.05, 0) is 61.7 Å². The standard InChI is InChI=1S/C33H32ClFN6O2/c1-3-30(42)41-16-15-40(19-22(41)12-13-36)32-26-17-28(35)25(24-10-4-7-21-8-5-11-27(34)31(21)24)18-29(26)37-33(38-32)43-20-23-9-6-14-39(23)2/h3-5,7-8,10-11,17-18,22-23H,1,6,9,12,14-16,19-20H2,2H3/t22-,23-/m0/s1. The van der Waals surface area contributed by atoms with Crippen molar-refractivity contribution in [2.75, 3.05) is 44.7 Å². The molecule has 220 valence electrons. The minimum Gasteiger partial charge on any atom is -0.462 e. The number of nitrogens with zero attached hydrogens (tertiary/aromatic N) is 6. The molecule has 0 unspecified atom stereocenters. The second-order valence-electron chi connectivity index (χ2n) is 11.1. The van der Waals surface area contributed by atoms with E-state index >= 15 is 4.39 Å². The van der Waals surface area contributed by atoms with Gasteiger partial charge < -0.3 is 19.4 Å². The van der Waals surface area contributed by atoms with Crippen LogP contribution < -0.4 is 9.64 Å². The van der Waals surface area contributed by atoms with Gasteiger partial charge in [-0.15, -0.1) is 0 Å². The lowest BCUT2D eigenvalue weighted by Gasteiger charge is -2.41. The van der Waals surface area contributed by atoms with Crippen molar-refractivity contribution in [2.45, 2.75) is 31.3 Å². The van der Waals surface area contributed by atoms with E-state index in [1.165, 1.54) is 12.1 Å². The summed E-state index contributed by atoms with van der Waals surface area (Å²) >= 11 is 6.60. The Balaban J connectivity index is 1.45. The van der Waals surface area contributed by atoms with Crippen molar-refractivity contribution in [3.63, 3.8) is 0 Å². The van der Waals surface area contributed by atoms with Gasteiger partial charge in [-0.2, -0.15) is 15.2 Å². The average molecular weight is 599 g/mol. The monoisotopic (exact) mass is 598 g/mol. The van der Waals surface area contributed by atoms with E-state index < -0.39 is 5.82 Å². The second kappa shape index (κ2) is 12.2. The molecule has 0 radical (unpaired) electrons. The molecule has 2 fully saturated rings. The molecule has 8 nitrogen and oxygen atoms in total. The van der Waals surface area contributed by atoms with Gasteiger partial charge in [0.25, 0.3) is 0 Å². The molecule has 0 bridgehead atoms. The van der Waals surface area contributed by atoms with Crippen molar-refractivity contribution < 1.29 is 13.9 Å². The highest BCUT2D eigenvalue weighted by atomic mass is 35.5. The highest BCUT2D eigenvalue weighted by Crippen LogP contribution is 2.38. The van der Waals surface area contributed by atoms with Crippen LogP contribution in [0.15, 0.2) is 61.2 Å². The summed E-state index contributed by atoms with van der Waals surface area (Å²) in [4.78, 5) is 27.9. The maximum Gasteiger partial charge on any atom is 0.319 e. The highest BCUT2D eigenvalue weighted by Gasteiger charge is 2.31. The first kappa shape index (κ1) is 28.8. The number of piperazine rings is 1. The maximum absolute atomic E-state index is 16.1. The number of ether oxygens (including phenoxy) is 1. The Bertz CT molecular complexity index is 1750. The summed E-state index contributed by atoms with van der Waals surface area (Å²) in [5, 5.41) is 12.2. The van der Waals surface area contributed by atoms with Crippen LogP contribution in [-0.2, 0) is 4.79 Å². The van der Waals surface area contributed by atoms with Gasteiger partial charge in [0.1, 0.15) is 18.2 Å². The van der Waals surface area contributed by atoms with Crippen LogP contribution in [0.2, 0.25) is 5.02 Å². The second-order valence-corrected chi connectivity index (χ2v) is 11.5. The zero-order valence-electron chi connectivity index (χ0n) is 24.0. The van der Waals surface area contributed by atoms with Crippen LogP contribution in [0.3, 0.4) is 0 Å². The zero-order valence-corrected chi connectivity index (χ0v) is 24.7. The molecular weight excluding hydrogens is 567 g/mol. The number of anilines is 1. The number of carbonyl (C=O) groups excluding carboxylic acids is 1. The topological polar surface area (TPSA) is 85.6 Å². The van der Waals surface area contributed by atoms with Crippen molar-refractivity contribution in [3.05, 3.63) is 72.0 Å². The number of halogens is 2. The number of likely N-dealkylation sites (tertiary alicyclic amines) is 1. The summed E-state index contributed by atoms with van der Waals surface area (Å²) in [6.07, 6.45) is 3.56. The fourth-order valence-electron chi connectivity index (χ4n) is 6.24. The molecule has 0 saturated carbocycles. The molecule has 2 aliphatic rings. The lowest BCUT2D eigenvalue weighted by molar-refractivity contribution is -0.128. The number of carbonyl (C=O) groups is 1. The van der Waals surface area contributed by atoms with E-state index in [2.05, 4.69) is 24.6 Å². The number of benzene rings is 3. The summed E-state index contributed by atoms with van der Waals surface area (Å²) in [5.41, 5.74) is 1.58. The number of rotatable bonds is 7. The van der Waals surface area contributed by atoms with Gasteiger partial charge in [-0.3, -0.25) is 4.79 Å². The molecule has 6 rings (SSSR count). The zero-order chi connectivity index (χ0) is 30.1. The maximum atomic E-state index is 16.1. The molecule has 0 spiro atoms. The van der Waals surface area contributed by atoms with Crippen molar-refractivity contribution in [1.29, 1.82) is 5.26 Å². The van der Waals surface area contributed by atoms with Crippen molar-refractivity contribution in [3.8, 4) is 23.2 Å². The third-order valence-electron chi connectivity index (χ3n) is 8.53. The van der Waals surface area contributed by atoms with Crippen LogP contribution in [0.1, 0.15) is 19.3 Å². The number of fused-ring (bicyclic) bond motifs is 2. The summed E-state index contributed by atoms with van der Waals surface area (Å²) in [6.45, 7) is 6.24. The normalized spacial score (nSPS) is 19.1. The fourth-order valence-corrected chi connectivity index (χ4v) is 6.52. The Morgan fingerprint density at radius 3 is 2.72 bits per heavy atom. The van der Waals surface area contributed by atoms with E-state index in [0.717, 1.165) is 30.2 Å². The molecule has 2 atom stereocenters. The number of nitriles is 1. The molecule has 2 aliphatic heterocycles. The van der Waals surface area contributed by atoms with E-state index in [1.807, 2.05) is 35.2 Å².